The maximum atomic E-state index is 11.8. The summed E-state index contributed by atoms with van der Waals surface area (Å²) in [5, 5.41) is 3.16. The molecule has 1 rings (SSSR count). The van der Waals surface area contributed by atoms with Crippen molar-refractivity contribution in [2.24, 2.45) is 5.41 Å². The third kappa shape index (κ3) is 7.97. The number of rotatable bonds is 7. The topological polar surface area (TPSA) is 58.2 Å². The average molecular weight is 284 g/mol. The molecule has 0 aliphatic carbocycles. The van der Waals surface area contributed by atoms with E-state index in [-0.39, 0.29) is 11.2 Å². The van der Waals surface area contributed by atoms with E-state index in [4.69, 9.17) is 0 Å². The quantitative estimate of drug-likeness (QED) is 0.750. The zero-order valence-corrected chi connectivity index (χ0v) is 12.8. The van der Waals surface area contributed by atoms with E-state index in [0.717, 1.165) is 12.1 Å². The van der Waals surface area contributed by atoms with Crippen molar-refractivity contribution in [2.45, 2.75) is 27.3 Å². The summed E-state index contributed by atoms with van der Waals surface area (Å²) in [4.78, 5) is 0. The highest BCUT2D eigenvalue weighted by Gasteiger charge is 2.12. The Morgan fingerprint density at radius 2 is 1.74 bits per heavy atom. The highest BCUT2D eigenvalue weighted by molar-refractivity contribution is 7.89. The molecular weight excluding hydrogens is 260 g/mol. The fraction of sp³-hybridized carbons (Fsp3) is 0.571. The standard InChI is InChI=1S/C14H24N2O2S/c1-14(2,3)12-15-9-10-19(17,18)16-11-13-7-5-4-6-8-13/h4-8,15-16H,9-12H2,1-3H3. The van der Waals surface area contributed by atoms with Gasteiger partial charge in [0.1, 0.15) is 0 Å². The molecule has 1 aromatic rings. The fourth-order valence-electron chi connectivity index (χ4n) is 1.53. The van der Waals surface area contributed by atoms with Gasteiger partial charge in [0.25, 0.3) is 0 Å². The van der Waals surface area contributed by atoms with Gasteiger partial charge in [0.05, 0.1) is 5.75 Å². The lowest BCUT2D eigenvalue weighted by atomic mass is 9.97. The molecule has 0 bridgehead atoms. The molecule has 0 amide bonds. The van der Waals surface area contributed by atoms with Gasteiger partial charge in [-0.1, -0.05) is 51.1 Å². The summed E-state index contributed by atoms with van der Waals surface area (Å²) in [7, 11) is -3.21. The largest absolute Gasteiger partial charge is 0.315 e. The third-order valence-electron chi connectivity index (χ3n) is 2.54. The van der Waals surface area contributed by atoms with Gasteiger partial charge in [0.15, 0.2) is 0 Å². The van der Waals surface area contributed by atoms with E-state index in [1.165, 1.54) is 0 Å². The van der Waals surface area contributed by atoms with Crippen molar-refractivity contribution >= 4 is 10.0 Å². The normalized spacial score (nSPS) is 12.6. The molecule has 0 atom stereocenters. The Bertz CT molecular complexity index is 464. The van der Waals surface area contributed by atoms with Crippen LogP contribution >= 0.6 is 0 Å². The lowest BCUT2D eigenvalue weighted by Gasteiger charge is -2.18. The van der Waals surface area contributed by atoms with Crippen LogP contribution in [0, 0.1) is 5.41 Å². The van der Waals surface area contributed by atoms with Gasteiger partial charge in [-0.05, 0) is 11.0 Å². The van der Waals surface area contributed by atoms with Crippen LogP contribution in [0.3, 0.4) is 0 Å². The van der Waals surface area contributed by atoms with Gasteiger partial charge in [0.2, 0.25) is 10.0 Å². The molecular formula is C14H24N2O2S. The van der Waals surface area contributed by atoms with Crippen LogP contribution in [0.25, 0.3) is 0 Å². The minimum absolute atomic E-state index is 0.107. The molecule has 0 saturated heterocycles. The molecule has 1 aromatic carbocycles. The first-order valence-electron chi connectivity index (χ1n) is 6.50. The Kier molecular flexibility index (Phi) is 5.97. The van der Waals surface area contributed by atoms with Gasteiger partial charge < -0.3 is 5.32 Å². The maximum absolute atomic E-state index is 11.8. The van der Waals surface area contributed by atoms with Crippen LogP contribution in [-0.4, -0.2) is 27.3 Å². The van der Waals surface area contributed by atoms with E-state index in [2.05, 4.69) is 30.8 Å². The number of hydrogen-bond acceptors (Lipinski definition) is 3. The summed E-state index contributed by atoms with van der Waals surface area (Å²) in [5.41, 5.74) is 1.13. The Morgan fingerprint density at radius 3 is 2.32 bits per heavy atom. The lowest BCUT2D eigenvalue weighted by Crippen LogP contribution is -2.34. The zero-order chi connectivity index (χ0) is 14.4. The van der Waals surface area contributed by atoms with Crippen LogP contribution < -0.4 is 10.0 Å². The average Bonchev–Trinajstić information content (AvgIpc) is 2.33. The van der Waals surface area contributed by atoms with Crippen molar-refractivity contribution in [2.75, 3.05) is 18.8 Å². The van der Waals surface area contributed by atoms with E-state index in [1.807, 2.05) is 30.3 Å². The second-order valence-electron chi connectivity index (χ2n) is 5.86. The molecule has 2 N–H and O–H groups in total. The Morgan fingerprint density at radius 1 is 1.11 bits per heavy atom. The first-order chi connectivity index (χ1) is 8.79. The van der Waals surface area contributed by atoms with E-state index >= 15 is 0 Å². The number of nitrogens with one attached hydrogen (secondary N) is 2. The van der Waals surface area contributed by atoms with Gasteiger partial charge in [-0.15, -0.1) is 0 Å². The molecule has 19 heavy (non-hydrogen) atoms. The van der Waals surface area contributed by atoms with Crippen LogP contribution in [0.4, 0.5) is 0 Å². The summed E-state index contributed by atoms with van der Waals surface area (Å²) >= 11 is 0. The summed E-state index contributed by atoms with van der Waals surface area (Å²) in [5.74, 6) is 0.107. The molecule has 0 fully saturated rings. The van der Waals surface area contributed by atoms with Crippen molar-refractivity contribution in [1.82, 2.24) is 10.0 Å². The molecule has 0 aromatic heterocycles. The maximum Gasteiger partial charge on any atom is 0.213 e. The Labute approximate surface area is 116 Å². The zero-order valence-electron chi connectivity index (χ0n) is 11.9. The molecule has 0 saturated carbocycles. The second kappa shape index (κ2) is 7.03. The third-order valence-corrected chi connectivity index (χ3v) is 3.87. The SMILES string of the molecule is CC(C)(C)CNCCS(=O)(=O)NCc1ccccc1. The van der Waals surface area contributed by atoms with Crippen molar-refractivity contribution in [1.29, 1.82) is 0 Å². The fourth-order valence-corrected chi connectivity index (χ4v) is 2.48. The number of sulfonamides is 1. The van der Waals surface area contributed by atoms with Gasteiger partial charge in [-0.25, -0.2) is 13.1 Å². The van der Waals surface area contributed by atoms with Gasteiger partial charge in [-0.3, -0.25) is 0 Å². The highest BCUT2D eigenvalue weighted by Crippen LogP contribution is 2.09. The van der Waals surface area contributed by atoms with Crippen LogP contribution in [0.2, 0.25) is 0 Å². The number of benzene rings is 1. The monoisotopic (exact) mass is 284 g/mol. The van der Waals surface area contributed by atoms with Crippen LogP contribution in [0.1, 0.15) is 26.3 Å². The smallest absolute Gasteiger partial charge is 0.213 e. The van der Waals surface area contributed by atoms with E-state index in [1.54, 1.807) is 0 Å². The Balaban J connectivity index is 2.29. The minimum atomic E-state index is -3.21. The lowest BCUT2D eigenvalue weighted by molar-refractivity contribution is 0.385. The van der Waals surface area contributed by atoms with Crippen LogP contribution in [0.5, 0.6) is 0 Å². The molecule has 0 spiro atoms. The van der Waals surface area contributed by atoms with Gasteiger partial charge in [0, 0.05) is 19.6 Å². The Hall–Kier alpha value is -0.910. The first kappa shape index (κ1) is 16.1. The summed E-state index contributed by atoms with van der Waals surface area (Å²) < 4.78 is 26.2. The van der Waals surface area contributed by atoms with Crippen LogP contribution in [-0.2, 0) is 16.6 Å². The van der Waals surface area contributed by atoms with E-state index < -0.39 is 10.0 Å². The molecule has 0 aliphatic rings. The molecule has 0 unspecified atom stereocenters. The molecule has 5 heteroatoms. The van der Waals surface area contributed by atoms with E-state index in [9.17, 15) is 8.42 Å². The van der Waals surface area contributed by atoms with Gasteiger partial charge >= 0.3 is 0 Å². The first-order valence-corrected chi connectivity index (χ1v) is 8.16. The molecule has 108 valence electrons. The van der Waals surface area contributed by atoms with Crippen molar-refractivity contribution in [3.63, 3.8) is 0 Å². The molecule has 0 radical (unpaired) electrons. The minimum Gasteiger partial charge on any atom is -0.315 e. The molecule has 4 nitrogen and oxygen atoms in total. The predicted octanol–water partition coefficient (Wildman–Crippen LogP) is 1.74. The van der Waals surface area contributed by atoms with Crippen molar-refractivity contribution in [3.05, 3.63) is 35.9 Å². The molecule has 0 aliphatic heterocycles. The van der Waals surface area contributed by atoms with Crippen molar-refractivity contribution in [3.8, 4) is 0 Å². The predicted molar refractivity (Wildman–Crippen MR) is 79.4 cm³/mol. The summed E-state index contributed by atoms with van der Waals surface area (Å²) in [6.07, 6.45) is 0. The van der Waals surface area contributed by atoms with E-state index in [0.29, 0.717) is 13.1 Å². The summed E-state index contributed by atoms with van der Waals surface area (Å²) in [6.45, 7) is 7.97. The second-order valence-corrected chi connectivity index (χ2v) is 7.79. The van der Waals surface area contributed by atoms with Crippen LogP contribution in [0.15, 0.2) is 30.3 Å². The summed E-state index contributed by atoms with van der Waals surface area (Å²) in [6, 6.07) is 9.51. The molecule has 0 heterocycles. The highest BCUT2D eigenvalue weighted by atomic mass is 32.2. The number of hydrogen-bond donors (Lipinski definition) is 2. The van der Waals surface area contributed by atoms with Gasteiger partial charge in [-0.2, -0.15) is 0 Å². The van der Waals surface area contributed by atoms with Crippen molar-refractivity contribution < 1.29 is 8.42 Å².